The first-order valence-electron chi connectivity index (χ1n) is 14.0. The Bertz CT molecular complexity index is 1030. The van der Waals surface area contributed by atoms with Crippen LogP contribution in [0.15, 0.2) is 46.2 Å². The van der Waals surface area contributed by atoms with Crippen molar-refractivity contribution in [3.8, 4) is 11.5 Å². The predicted octanol–water partition coefficient (Wildman–Crippen LogP) is 8.55. The van der Waals surface area contributed by atoms with E-state index in [1.807, 2.05) is 4.67 Å². The summed E-state index contributed by atoms with van der Waals surface area (Å²) in [5.41, 5.74) is 2.97. The fourth-order valence-electron chi connectivity index (χ4n) is 5.95. The van der Waals surface area contributed by atoms with Crippen molar-refractivity contribution in [1.82, 2.24) is 4.67 Å². The maximum Gasteiger partial charge on any atom is 0.384 e. The highest BCUT2D eigenvalue weighted by Gasteiger charge is 2.33. The normalized spacial score (nSPS) is 15.2. The van der Waals surface area contributed by atoms with Gasteiger partial charge in [-0.2, -0.15) is 0 Å². The highest BCUT2D eigenvalue weighted by Crippen LogP contribution is 2.54. The van der Waals surface area contributed by atoms with Gasteiger partial charge in [-0.05, 0) is 69.9 Å². The van der Waals surface area contributed by atoms with Crippen molar-refractivity contribution in [2.45, 2.75) is 103 Å². The smallest absolute Gasteiger partial charge is 0.384 e. The van der Waals surface area contributed by atoms with Crippen molar-refractivity contribution >= 4 is 20.3 Å². The maximum absolute atomic E-state index is 9.72. The van der Waals surface area contributed by atoms with Gasteiger partial charge in [0.25, 0.3) is 0 Å². The van der Waals surface area contributed by atoms with Crippen LogP contribution in [0.2, 0.25) is 0 Å². The van der Waals surface area contributed by atoms with Gasteiger partial charge in [0.1, 0.15) is 11.5 Å². The molecular weight excluding hydrogens is 525 g/mol. The molecule has 2 N–H and O–H groups in total. The van der Waals surface area contributed by atoms with Crippen LogP contribution in [0.5, 0.6) is 11.5 Å². The van der Waals surface area contributed by atoms with Gasteiger partial charge in [0.2, 0.25) is 0 Å². The summed E-state index contributed by atoms with van der Waals surface area (Å²) in [5, 5.41) is 19.4. The van der Waals surface area contributed by atoms with Crippen molar-refractivity contribution in [2.24, 2.45) is 10.8 Å². The lowest BCUT2D eigenvalue weighted by atomic mass is 9.72. The Morgan fingerprint density at radius 2 is 1.05 bits per heavy atom. The summed E-state index contributed by atoms with van der Waals surface area (Å²) < 4.78 is 14.9. The molecule has 2 aromatic rings. The van der Waals surface area contributed by atoms with Gasteiger partial charge in [0, 0.05) is 13.1 Å². The Morgan fingerprint density at radius 1 is 0.667 bits per heavy atom. The van der Waals surface area contributed by atoms with Crippen LogP contribution in [0.1, 0.15) is 93.2 Å². The Labute approximate surface area is 242 Å². The van der Waals surface area contributed by atoms with E-state index in [-0.39, 0.29) is 34.9 Å². The third-order valence-electron chi connectivity index (χ3n) is 6.91. The maximum atomic E-state index is 9.72. The summed E-state index contributed by atoms with van der Waals surface area (Å²) in [6.07, 6.45) is 2.12. The molecule has 0 aliphatic carbocycles. The van der Waals surface area contributed by atoms with Crippen molar-refractivity contribution in [1.29, 1.82) is 0 Å². The minimum atomic E-state index is -1.58. The zero-order valence-electron chi connectivity index (χ0n) is 25.7. The fraction of sp³-hybridized carbons (Fsp3) is 0.625. The lowest BCUT2D eigenvalue weighted by molar-refractivity contribution is 0.206. The minimum absolute atomic E-state index is 0.00334. The van der Waals surface area contributed by atoms with Crippen molar-refractivity contribution < 1.29 is 19.3 Å². The van der Waals surface area contributed by atoms with Crippen LogP contribution in [-0.2, 0) is 10.8 Å². The Hall–Kier alpha value is -1.30. The van der Waals surface area contributed by atoms with Gasteiger partial charge in [0.05, 0.1) is 23.0 Å². The van der Waals surface area contributed by atoms with Crippen molar-refractivity contribution in [2.75, 3.05) is 26.3 Å². The molecule has 1 aliphatic rings. The van der Waals surface area contributed by atoms with E-state index < -0.39 is 8.53 Å². The fourth-order valence-corrected chi connectivity index (χ4v) is 8.53. The molecule has 0 spiro atoms. The molecule has 39 heavy (non-hydrogen) atoms. The number of hydrogen-bond acceptors (Lipinski definition) is 6. The quantitative estimate of drug-likeness (QED) is 0.292. The molecule has 218 valence electrons. The van der Waals surface area contributed by atoms with E-state index in [1.165, 1.54) is 11.1 Å². The van der Waals surface area contributed by atoms with Gasteiger partial charge >= 0.3 is 8.53 Å². The first kappa shape index (κ1) is 32.2. The molecule has 0 bridgehead atoms. The van der Waals surface area contributed by atoms with E-state index in [0.717, 1.165) is 34.1 Å². The van der Waals surface area contributed by atoms with Gasteiger partial charge < -0.3 is 19.3 Å². The summed E-state index contributed by atoms with van der Waals surface area (Å²) in [6, 6.07) is 13.0. The lowest BCUT2D eigenvalue weighted by Gasteiger charge is -2.35. The molecule has 1 heterocycles. The molecule has 7 heteroatoms. The monoisotopic (exact) mass is 575 g/mol. The summed E-state index contributed by atoms with van der Waals surface area (Å²) >= 11 is 1.70. The predicted molar refractivity (Wildman–Crippen MR) is 165 cm³/mol. The minimum Gasteiger partial charge on any atom is -0.426 e. The number of benzene rings is 2. The average molecular weight is 576 g/mol. The molecule has 5 nitrogen and oxygen atoms in total. The molecule has 0 amide bonds. The van der Waals surface area contributed by atoms with Crippen LogP contribution in [-0.4, -0.2) is 41.2 Å². The number of nitrogens with zero attached hydrogens (tertiary/aromatic N) is 1. The summed E-state index contributed by atoms with van der Waals surface area (Å²) in [7, 11) is -1.58. The van der Waals surface area contributed by atoms with Gasteiger partial charge in [-0.15, -0.1) is 0 Å². The lowest BCUT2D eigenvalue weighted by Crippen LogP contribution is -2.29. The van der Waals surface area contributed by atoms with Crippen molar-refractivity contribution in [3.63, 3.8) is 0 Å². The number of aliphatic hydroxyl groups excluding tert-OH is 2. The van der Waals surface area contributed by atoms with Crippen LogP contribution in [0.3, 0.4) is 0 Å². The molecule has 0 fully saturated rings. The topological polar surface area (TPSA) is 62.2 Å². The Morgan fingerprint density at radius 3 is 1.38 bits per heavy atom. The molecule has 1 aliphatic heterocycles. The van der Waals surface area contributed by atoms with E-state index in [9.17, 15) is 10.2 Å². The van der Waals surface area contributed by atoms with Crippen LogP contribution < -0.4 is 9.05 Å². The zero-order chi connectivity index (χ0) is 29.2. The highest BCUT2D eigenvalue weighted by atomic mass is 32.2. The molecule has 0 aromatic heterocycles. The van der Waals surface area contributed by atoms with E-state index >= 15 is 0 Å². The standard InChI is InChI=1S/C32H50NO4PS/c1-29(2,3)21-31(7,8)23-11-13-25-27(19-23)39-28-20-24(32(9,10)22-30(4,5)6)12-14-26(28)37-38(36-25)33(15-17-34)16-18-35/h11-14,19-20,34-35H,15-18,21-22H2,1-10H3. The highest BCUT2D eigenvalue weighted by molar-refractivity contribution is 7.99. The van der Waals surface area contributed by atoms with E-state index in [0.29, 0.717) is 13.1 Å². The Kier molecular flexibility index (Phi) is 10.1. The number of rotatable bonds is 9. The van der Waals surface area contributed by atoms with Crippen LogP contribution >= 0.6 is 20.3 Å². The number of aliphatic hydroxyl groups is 2. The molecule has 3 rings (SSSR count). The van der Waals surface area contributed by atoms with Gasteiger partial charge in [-0.3, -0.25) is 0 Å². The number of fused-ring (bicyclic) bond motifs is 2. The van der Waals surface area contributed by atoms with Crippen LogP contribution in [0.25, 0.3) is 0 Å². The van der Waals surface area contributed by atoms with E-state index in [4.69, 9.17) is 9.05 Å². The second kappa shape index (κ2) is 12.3. The van der Waals surface area contributed by atoms with Gasteiger partial charge in [-0.1, -0.05) is 93.1 Å². The van der Waals surface area contributed by atoms with Gasteiger partial charge in [0.15, 0.2) is 0 Å². The largest absolute Gasteiger partial charge is 0.426 e. The molecule has 0 saturated carbocycles. The molecule has 2 aromatic carbocycles. The zero-order valence-corrected chi connectivity index (χ0v) is 27.4. The summed E-state index contributed by atoms with van der Waals surface area (Å²) in [4.78, 5) is 2.12. The summed E-state index contributed by atoms with van der Waals surface area (Å²) in [5.74, 6) is 1.54. The third kappa shape index (κ3) is 8.84. The second-order valence-electron chi connectivity index (χ2n) is 14.5. The van der Waals surface area contributed by atoms with E-state index in [2.05, 4.69) is 106 Å². The first-order chi connectivity index (χ1) is 17.9. The molecule has 0 saturated heterocycles. The Balaban J connectivity index is 2.13. The molecule has 0 radical (unpaired) electrons. The molecular formula is C32H50NO4PS. The van der Waals surface area contributed by atoms with Crippen LogP contribution in [0, 0.1) is 10.8 Å². The average Bonchev–Trinajstić information content (AvgIpc) is 2.75. The molecule has 0 unspecified atom stereocenters. The summed E-state index contributed by atoms with van der Waals surface area (Å²) in [6.45, 7) is 23.6. The SMILES string of the molecule is CC(C)(C)CC(C)(C)c1ccc2c(c1)Sc1cc(C(C)(C)CC(C)(C)C)ccc1OP(N(CCO)CCO)O2. The molecule has 0 atom stereocenters. The van der Waals surface area contributed by atoms with E-state index in [1.54, 1.807) is 11.8 Å². The number of hydrogen-bond donors (Lipinski definition) is 2. The van der Waals surface area contributed by atoms with Gasteiger partial charge in [-0.25, -0.2) is 4.67 Å². The van der Waals surface area contributed by atoms with Crippen LogP contribution in [0.4, 0.5) is 0 Å². The third-order valence-corrected chi connectivity index (χ3v) is 9.56. The first-order valence-corrected chi connectivity index (χ1v) is 16.0. The second-order valence-corrected chi connectivity index (χ2v) is 17.0. The van der Waals surface area contributed by atoms with Crippen molar-refractivity contribution in [3.05, 3.63) is 47.5 Å².